The molecule has 1 saturated heterocycles. The van der Waals surface area contributed by atoms with Gasteiger partial charge in [0, 0.05) is 13.0 Å². The zero-order chi connectivity index (χ0) is 14.7. The van der Waals surface area contributed by atoms with Gasteiger partial charge in [0.2, 0.25) is 10.0 Å². The fourth-order valence-corrected chi connectivity index (χ4v) is 3.79. The number of carboxylic acid groups (broad SMARTS) is 1. The Morgan fingerprint density at radius 2 is 1.95 bits per heavy atom. The molecule has 0 aromatic rings. The van der Waals surface area contributed by atoms with Crippen molar-refractivity contribution in [3.63, 3.8) is 0 Å². The van der Waals surface area contributed by atoms with Gasteiger partial charge in [-0.05, 0) is 25.7 Å². The molecule has 0 aromatic carbocycles. The summed E-state index contributed by atoms with van der Waals surface area (Å²) in [5, 5.41) is 8.94. The quantitative estimate of drug-likeness (QED) is 0.837. The second kappa shape index (κ2) is 6.08. The second-order valence-electron chi connectivity index (χ2n) is 4.50. The molecule has 1 atom stereocenters. The van der Waals surface area contributed by atoms with Gasteiger partial charge in [0.25, 0.3) is 0 Å². The molecule has 0 bridgehead atoms. The Balaban J connectivity index is 2.66. The first-order valence-corrected chi connectivity index (χ1v) is 7.53. The van der Waals surface area contributed by atoms with Gasteiger partial charge in [0.05, 0.1) is 5.75 Å². The minimum absolute atomic E-state index is 0.0608. The predicted molar refractivity (Wildman–Crippen MR) is 61.1 cm³/mol. The van der Waals surface area contributed by atoms with Crippen molar-refractivity contribution in [2.24, 2.45) is 0 Å². The SMILES string of the molecule is O=C(O)[C@H]1CCCCN1S(=O)(=O)CCCC(F)(F)F. The first kappa shape index (κ1) is 16.2. The van der Waals surface area contributed by atoms with Crippen molar-refractivity contribution in [1.82, 2.24) is 4.31 Å². The molecule has 9 heteroatoms. The monoisotopic (exact) mass is 303 g/mol. The number of hydrogen-bond acceptors (Lipinski definition) is 3. The van der Waals surface area contributed by atoms with Gasteiger partial charge in [-0.3, -0.25) is 4.79 Å². The lowest BCUT2D eigenvalue weighted by Crippen LogP contribution is -2.48. The van der Waals surface area contributed by atoms with Crippen molar-refractivity contribution in [3.05, 3.63) is 0 Å². The van der Waals surface area contributed by atoms with Crippen molar-refractivity contribution >= 4 is 16.0 Å². The largest absolute Gasteiger partial charge is 0.480 e. The number of nitrogens with zero attached hydrogens (tertiary/aromatic N) is 1. The highest BCUT2D eigenvalue weighted by Crippen LogP contribution is 2.24. The lowest BCUT2D eigenvalue weighted by atomic mass is 10.1. The molecule has 5 nitrogen and oxygen atoms in total. The predicted octanol–water partition coefficient (Wildman–Crippen LogP) is 1.60. The summed E-state index contributed by atoms with van der Waals surface area (Å²) in [6.07, 6.45) is -4.79. The van der Waals surface area contributed by atoms with Gasteiger partial charge in [-0.15, -0.1) is 0 Å². The van der Waals surface area contributed by atoms with E-state index in [2.05, 4.69) is 0 Å². The van der Waals surface area contributed by atoms with Crippen LogP contribution in [0.3, 0.4) is 0 Å². The number of piperidine rings is 1. The van der Waals surface area contributed by atoms with Crippen LogP contribution in [0.1, 0.15) is 32.1 Å². The highest BCUT2D eigenvalue weighted by molar-refractivity contribution is 7.89. The van der Waals surface area contributed by atoms with E-state index >= 15 is 0 Å². The maximum absolute atomic E-state index is 12.0. The number of halogens is 3. The molecule has 0 radical (unpaired) electrons. The molecule has 1 rings (SSSR count). The Morgan fingerprint density at radius 1 is 1.32 bits per heavy atom. The Labute approximate surface area is 109 Å². The van der Waals surface area contributed by atoms with Crippen molar-refractivity contribution in [1.29, 1.82) is 0 Å². The van der Waals surface area contributed by atoms with Crippen LogP contribution in [0.15, 0.2) is 0 Å². The van der Waals surface area contributed by atoms with Crippen molar-refractivity contribution in [2.45, 2.75) is 44.3 Å². The summed E-state index contributed by atoms with van der Waals surface area (Å²) in [7, 11) is -3.95. The summed E-state index contributed by atoms with van der Waals surface area (Å²) in [5.74, 6) is -1.92. The average molecular weight is 303 g/mol. The van der Waals surface area contributed by atoms with E-state index in [-0.39, 0.29) is 13.0 Å². The van der Waals surface area contributed by atoms with E-state index in [1.165, 1.54) is 0 Å². The van der Waals surface area contributed by atoms with Gasteiger partial charge >= 0.3 is 12.1 Å². The van der Waals surface area contributed by atoms with Crippen LogP contribution < -0.4 is 0 Å². The standard InChI is InChI=1S/C10H16F3NO4S/c11-10(12,13)5-3-7-19(17,18)14-6-2-1-4-8(14)9(15)16/h8H,1-7H2,(H,15,16)/t8-/m1/s1. The number of carboxylic acids is 1. The second-order valence-corrected chi connectivity index (χ2v) is 6.54. The summed E-state index contributed by atoms with van der Waals surface area (Å²) in [5.41, 5.74) is 0. The number of sulfonamides is 1. The third-order valence-corrected chi connectivity index (χ3v) is 4.91. The Hall–Kier alpha value is -0.830. The van der Waals surface area contributed by atoms with E-state index < -0.39 is 46.8 Å². The Morgan fingerprint density at radius 3 is 2.47 bits per heavy atom. The maximum Gasteiger partial charge on any atom is 0.389 e. The highest BCUT2D eigenvalue weighted by Gasteiger charge is 2.37. The Kier molecular flexibility index (Phi) is 5.19. The number of aliphatic carboxylic acids is 1. The topological polar surface area (TPSA) is 74.7 Å². The summed E-state index contributed by atoms with van der Waals surface area (Å²) < 4.78 is 60.5. The molecule has 1 aliphatic rings. The van der Waals surface area contributed by atoms with E-state index in [0.717, 1.165) is 4.31 Å². The molecule has 0 spiro atoms. The van der Waals surface area contributed by atoms with Crippen LogP contribution in [0, 0.1) is 0 Å². The molecule has 112 valence electrons. The molecule has 0 aromatic heterocycles. The summed E-state index contributed by atoms with van der Waals surface area (Å²) in [6.45, 7) is 0.0608. The molecule has 19 heavy (non-hydrogen) atoms. The molecule has 0 amide bonds. The third-order valence-electron chi connectivity index (χ3n) is 2.96. The lowest BCUT2D eigenvalue weighted by molar-refractivity contribution is -0.142. The van der Waals surface area contributed by atoms with Gasteiger partial charge in [-0.1, -0.05) is 0 Å². The minimum atomic E-state index is -4.40. The molecular weight excluding hydrogens is 287 g/mol. The fraction of sp³-hybridized carbons (Fsp3) is 0.900. The van der Waals surface area contributed by atoms with Gasteiger partial charge in [-0.25, -0.2) is 8.42 Å². The molecule has 0 aliphatic carbocycles. The van der Waals surface area contributed by atoms with Gasteiger partial charge in [0.1, 0.15) is 6.04 Å². The summed E-state index contributed by atoms with van der Waals surface area (Å²) >= 11 is 0. The van der Waals surface area contributed by atoms with Crippen molar-refractivity contribution in [2.75, 3.05) is 12.3 Å². The van der Waals surface area contributed by atoms with Crippen LogP contribution in [0.4, 0.5) is 13.2 Å². The van der Waals surface area contributed by atoms with Gasteiger partial charge < -0.3 is 5.11 Å². The zero-order valence-corrected chi connectivity index (χ0v) is 11.0. The van der Waals surface area contributed by atoms with Crippen LogP contribution in [0.25, 0.3) is 0 Å². The number of hydrogen-bond donors (Lipinski definition) is 1. The smallest absolute Gasteiger partial charge is 0.389 e. The first-order chi connectivity index (χ1) is 8.63. The van der Waals surface area contributed by atoms with E-state index in [1.54, 1.807) is 0 Å². The highest BCUT2D eigenvalue weighted by atomic mass is 32.2. The lowest BCUT2D eigenvalue weighted by Gasteiger charge is -2.31. The number of alkyl halides is 3. The van der Waals surface area contributed by atoms with Crippen LogP contribution in [0.2, 0.25) is 0 Å². The van der Waals surface area contributed by atoms with Crippen LogP contribution in [0.5, 0.6) is 0 Å². The average Bonchev–Trinajstić information content (AvgIpc) is 2.27. The van der Waals surface area contributed by atoms with Crippen LogP contribution in [-0.4, -0.2) is 48.3 Å². The van der Waals surface area contributed by atoms with Crippen molar-refractivity contribution < 1.29 is 31.5 Å². The normalized spacial score (nSPS) is 22.4. The number of rotatable bonds is 5. The number of carbonyl (C=O) groups is 1. The van der Waals surface area contributed by atoms with Crippen LogP contribution >= 0.6 is 0 Å². The molecule has 1 heterocycles. The van der Waals surface area contributed by atoms with Gasteiger partial charge in [-0.2, -0.15) is 17.5 Å². The minimum Gasteiger partial charge on any atom is -0.480 e. The Bertz CT molecular complexity index is 421. The molecule has 0 saturated carbocycles. The van der Waals surface area contributed by atoms with Gasteiger partial charge in [0.15, 0.2) is 0 Å². The van der Waals surface area contributed by atoms with E-state index in [9.17, 15) is 26.4 Å². The van der Waals surface area contributed by atoms with E-state index in [4.69, 9.17) is 5.11 Å². The summed E-state index contributed by atoms with van der Waals surface area (Å²) in [4.78, 5) is 11.0. The maximum atomic E-state index is 12.0. The van der Waals surface area contributed by atoms with E-state index in [1.807, 2.05) is 0 Å². The van der Waals surface area contributed by atoms with E-state index in [0.29, 0.717) is 12.8 Å². The van der Waals surface area contributed by atoms with Crippen molar-refractivity contribution in [3.8, 4) is 0 Å². The fourth-order valence-electron chi connectivity index (χ4n) is 2.06. The molecule has 0 unspecified atom stereocenters. The summed E-state index contributed by atoms with van der Waals surface area (Å²) in [6, 6.07) is -1.15. The first-order valence-electron chi connectivity index (χ1n) is 5.92. The molecule has 1 aliphatic heterocycles. The molecule has 1 fully saturated rings. The zero-order valence-electron chi connectivity index (χ0n) is 10.2. The third kappa shape index (κ3) is 4.98. The molecule has 1 N–H and O–H groups in total. The molecular formula is C10H16F3NO4S. The van der Waals surface area contributed by atoms with Crippen LogP contribution in [-0.2, 0) is 14.8 Å².